The standard InChI is InChI=1S/C27H27NO4S.C26H24ClNO4S.C26H24FNO4S.C26H25NO4S/c1-3-28-15-6-16-31-20-10-12-21(13-11-20)32-26-23-14-9-19(29)17-24(23)33-27(26)25(30)22-8-5-4-7-18(22)2;2*1-3-28-12-13-31-19-6-8-20(9-7-19)32-25-22-11-5-18(29)15-23(22)33-26(25)24(30)21-10-4-17(27)14-16(21)2;1-2-27-15-6-16-30-20-10-12-21(13-11-20)31-25-22-14-9-19(28)17-23(22)32-26(25)24(29)18-7-4-3-5-8-18/h4-5,7-14,17,28-29H,3,6,15-16H2,1-2H3;2*4-11,14-15,28-29H,3,12-13H2,1-2H3;3-5,7-14,17,27-28H,2,6,15-16H2,1H3. The van der Waals surface area contributed by atoms with Crippen molar-refractivity contribution in [1.29, 1.82) is 0 Å². The Bertz CT molecular complexity index is 6380. The highest BCUT2D eigenvalue weighted by atomic mass is 35.5. The van der Waals surface area contributed by atoms with E-state index < -0.39 is 5.82 Å². The number of ketones is 4. The number of likely N-dealkylation sites (N-methyl/N-ethyl adjacent to an activating group) is 2. The van der Waals surface area contributed by atoms with E-state index in [0.29, 0.717) is 130 Å². The Morgan fingerprint density at radius 3 is 0.947 bits per heavy atom. The van der Waals surface area contributed by atoms with E-state index >= 15 is 0 Å². The fourth-order valence-electron chi connectivity index (χ4n) is 13.8. The molecule has 20 nitrogen and oxygen atoms in total. The molecule has 0 aliphatic rings. The quantitative estimate of drug-likeness (QED) is 0.0132. The molecule has 0 spiro atoms. The summed E-state index contributed by atoms with van der Waals surface area (Å²) < 4.78 is 64.4. The first-order valence-electron chi connectivity index (χ1n) is 42.9. The predicted molar refractivity (Wildman–Crippen MR) is 524 cm³/mol. The number of benzene rings is 12. The van der Waals surface area contributed by atoms with Crippen molar-refractivity contribution >= 4 is 120 Å². The van der Waals surface area contributed by atoms with Gasteiger partial charge >= 0.3 is 0 Å². The molecule has 26 heteroatoms. The minimum atomic E-state index is -0.394. The summed E-state index contributed by atoms with van der Waals surface area (Å²) in [6.45, 7) is 23.2. The highest BCUT2D eigenvalue weighted by Gasteiger charge is 2.29. The molecule has 8 N–H and O–H groups in total. The molecule has 0 fully saturated rings. The van der Waals surface area contributed by atoms with Crippen molar-refractivity contribution in [3.63, 3.8) is 0 Å². The van der Waals surface area contributed by atoms with E-state index in [0.717, 1.165) is 134 Å². The van der Waals surface area contributed by atoms with Gasteiger partial charge in [-0.3, -0.25) is 19.2 Å². The molecule has 16 aromatic rings. The summed E-state index contributed by atoms with van der Waals surface area (Å²) in [6, 6.07) is 75.2. The molecule has 0 amide bonds. The van der Waals surface area contributed by atoms with Gasteiger partial charge in [0.15, 0.2) is 23.0 Å². The number of phenolic OH excluding ortho intramolecular Hbond substituents is 4. The molecule has 12 aromatic carbocycles. The van der Waals surface area contributed by atoms with Gasteiger partial charge in [-0.1, -0.05) is 93.9 Å². The van der Waals surface area contributed by atoms with E-state index in [9.17, 15) is 44.0 Å². The van der Waals surface area contributed by atoms with Crippen molar-refractivity contribution < 1.29 is 81.9 Å². The Kier molecular flexibility index (Phi) is 34.1. The molecule has 674 valence electrons. The maximum absolute atomic E-state index is 13.6. The molecule has 0 unspecified atom stereocenters. The fraction of sp³-hybridized carbons (Fsp3) is 0.200. The van der Waals surface area contributed by atoms with Crippen molar-refractivity contribution in [2.45, 2.75) is 61.3 Å². The third kappa shape index (κ3) is 25.5. The summed E-state index contributed by atoms with van der Waals surface area (Å²) in [6.07, 6.45) is 1.87. The van der Waals surface area contributed by atoms with Gasteiger partial charge in [-0.05, 0) is 296 Å². The lowest BCUT2D eigenvalue weighted by atomic mass is 10.0. The molecule has 0 aliphatic heterocycles. The average molecular weight is 1860 g/mol. The molecule has 0 atom stereocenters. The monoisotopic (exact) mass is 1850 g/mol. The number of rotatable bonds is 38. The second-order valence-corrected chi connectivity index (χ2v) is 34.6. The highest BCUT2D eigenvalue weighted by molar-refractivity contribution is 7.22. The second kappa shape index (κ2) is 46.9. The Balaban J connectivity index is 0.000000149. The largest absolute Gasteiger partial charge is 0.508 e. The summed E-state index contributed by atoms with van der Waals surface area (Å²) in [7, 11) is 0. The van der Waals surface area contributed by atoms with Crippen molar-refractivity contribution in [1.82, 2.24) is 21.3 Å². The van der Waals surface area contributed by atoms with Crippen LogP contribution >= 0.6 is 56.9 Å². The molecule has 0 saturated heterocycles. The third-order valence-corrected chi connectivity index (χ3v) is 25.2. The Morgan fingerprint density at radius 2 is 0.611 bits per heavy atom. The molecular formula is C105H100ClFN4O16S4. The van der Waals surface area contributed by atoms with Gasteiger partial charge in [0.1, 0.15) is 108 Å². The smallest absolute Gasteiger partial charge is 0.207 e. The zero-order valence-corrected chi connectivity index (χ0v) is 77.3. The van der Waals surface area contributed by atoms with E-state index in [2.05, 4.69) is 42.0 Å². The first-order chi connectivity index (χ1) is 63.6. The van der Waals surface area contributed by atoms with Crippen LogP contribution in [0.2, 0.25) is 5.02 Å². The third-order valence-electron chi connectivity index (χ3n) is 20.4. The molecule has 0 aliphatic carbocycles. The molecular weight excluding hydrogens is 1760 g/mol. The zero-order chi connectivity index (χ0) is 92.3. The van der Waals surface area contributed by atoms with Crippen LogP contribution in [0.1, 0.15) is 118 Å². The number of hydrogen-bond donors (Lipinski definition) is 8. The maximum Gasteiger partial charge on any atom is 0.207 e. The van der Waals surface area contributed by atoms with Gasteiger partial charge in [0, 0.05) is 80.7 Å². The summed E-state index contributed by atoms with van der Waals surface area (Å²) >= 11 is 11.2. The number of aromatic hydroxyl groups is 4. The minimum Gasteiger partial charge on any atom is -0.508 e. The average Bonchev–Trinajstić information content (AvgIpc) is 1.64. The summed E-state index contributed by atoms with van der Waals surface area (Å²) in [5.41, 5.74) is 4.44. The number of halogens is 2. The maximum atomic E-state index is 13.6. The predicted octanol–water partition coefficient (Wildman–Crippen LogP) is 25.0. The summed E-state index contributed by atoms with van der Waals surface area (Å²) in [5.74, 6) is 6.78. The van der Waals surface area contributed by atoms with Gasteiger partial charge in [0.25, 0.3) is 0 Å². The zero-order valence-electron chi connectivity index (χ0n) is 73.3. The van der Waals surface area contributed by atoms with Gasteiger partial charge < -0.3 is 79.6 Å². The fourth-order valence-corrected chi connectivity index (χ4v) is 18.5. The van der Waals surface area contributed by atoms with Crippen LogP contribution in [0.4, 0.5) is 4.39 Å². The van der Waals surface area contributed by atoms with Gasteiger partial charge in [0.05, 0.1) is 13.2 Å². The molecule has 0 radical (unpaired) electrons. The SMILES string of the molecule is CCNCCCOc1ccc(Oc2c(C(=O)c3ccccc3)sc3cc(O)ccc23)cc1.CCNCCCOc1ccc(Oc2c(C(=O)c3ccccc3C)sc3cc(O)ccc23)cc1.CCNCCOc1ccc(Oc2c(C(=O)c3ccc(Cl)cc3C)sc3cc(O)ccc23)cc1.CCNCCOc1ccc(Oc2c(C(=O)c3ccc(F)cc3C)sc3cc(O)ccc23)cc1. The van der Waals surface area contributed by atoms with Crippen LogP contribution in [0, 0.1) is 26.6 Å². The lowest BCUT2D eigenvalue weighted by Crippen LogP contribution is -2.20. The van der Waals surface area contributed by atoms with Crippen molar-refractivity contribution in [3.05, 3.63) is 330 Å². The van der Waals surface area contributed by atoms with Crippen LogP contribution in [0.5, 0.6) is 92.0 Å². The van der Waals surface area contributed by atoms with Crippen LogP contribution in [-0.2, 0) is 0 Å². The second-order valence-electron chi connectivity index (χ2n) is 30.0. The minimum absolute atomic E-state index is 0.0931. The number of thiophene rings is 4. The Morgan fingerprint density at radius 1 is 0.313 bits per heavy atom. The summed E-state index contributed by atoms with van der Waals surface area (Å²) in [5, 5.41) is 56.2. The molecule has 4 heterocycles. The van der Waals surface area contributed by atoms with Crippen molar-refractivity contribution in [2.75, 3.05) is 78.8 Å². The number of aryl methyl sites for hydroxylation is 3. The number of nitrogens with one attached hydrogen (secondary N) is 4. The lowest BCUT2D eigenvalue weighted by Gasteiger charge is -2.10. The van der Waals surface area contributed by atoms with Gasteiger partial charge in [-0.15, -0.1) is 45.3 Å². The number of carbonyl (C=O) groups is 4. The topological polar surface area (TPSA) is 271 Å². The van der Waals surface area contributed by atoms with E-state index in [4.69, 9.17) is 49.5 Å². The number of fused-ring (bicyclic) bond motifs is 4. The van der Waals surface area contributed by atoms with Gasteiger partial charge in [-0.25, -0.2) is 4.39 Å². The van der Waals surface area contributed by atoms with Crippen LogP contribution in [0.25, 0.3) is 40.3 Å². The lowest BCUT2D eigenvalue weighted by molar-refractivity contribution is 0.103. The van der Waals surface area contributed by atoms with E-state index in [1.165, 1.54) is 63.5 Å². The van der Waals surface area contributed by atoms with Gasteiger partial charge in [-0.2, -0.15) is 0 Å². The Hall–Kier alpha value is -13.2. The van der Waals surface area contributed by atoms with Crippen LogP contribution in [0.3, 0.4) is 0 Å². The molecule has 0 saturated carbocycles. The first kappa shape index (κ1) is 95.4. The first-order valence-corrected chi connectivity index (χ1v) is 46.6. The number of hydrogen-bond acceptors (Lipinski definition) is 24. The van der Waals surface area contributed by atoms with Crippen LogP contribution in [-0.4, -0.2) is 122 Å². The Labute approximate surface area is 780 Å². The number of carbonyl (C=O) groups excluding carboxylic acids is 4. The van der Waals surface area contributed by atoms with Crippen molar-refractivity contribution in [3.8, 4) is 92.0 Å². The molecule has 4 aromatic heterocycles. The van der Waals surface area contributed by atoms with Crippen molar-refractivity contribution in [2.24, 2.45) is 0 Å². The summed E-state index contributed by atoms with van der Waals surface area (Å²) in [4.78, 5) is 55.3. The van der Waals surface area contributed by atoms with E-state index in [1.54, 1.807) is 122 Å². The molecule has 131 heavy (non-hydrogen) atoms. The number of ether oxygens (including phenoxy) is 8. The van der Waals surface area contributed by atoms with Gasteiger partial charge in [0.2, 0.25) is 23.1 Å². The highest BCUT2D eigenvalue weighted by Crippen LogP contribution is 2.48. The van der Waals surface area contributed by atoms with E-state index in [1.807, 2.05) is 148 Å². The van der Waals surface area contributed by atoms with Crippen LogP contribution in [0.15, 0.2) is 261 Å². The van der Waals surface area contributed by atoms with E-state index in [-0.39, 0.29) is 46.1 Å². The van der Waals surface area contributed by atoms with Crippen LogP contribution < -0.4 is 59.2 Å². The number of phenols is 4. The normalized spacial score (nSPS) is 11.0. The molecule has 16 rings (SSSR count). The molecule has 0 bridgehead atoms.